The summed E-state index contributed by atoms with van der Waals surface area (Å²) in [7, 11) is 0. The third-order valence-corrected chi connectivity index (χ3v) is 3.76. The minimum atomic E-state index is -0.592. The predicted molar refractivity (Wildman–Crippen MR) is 66.3 cm³/mol. The summed E-state index contributed by atoms with van der Waals surface area (Å²) in [4.78, 5) is 0. The monoisotopic (exact) mass is 334 g/mol. The van der Waals surface area contributed by atoms with E-state index in [2.05, 4.69) is 44.8 Å². The minimum absolute atomic E-state index is 0.592. The Kier molecular flexibility index (Phi) is 3.50. The highest BCUT2D eigenvalue weighted by molar-refractivity contribution is 9.10. The van der Waals surface area contributed by atoms with Crippen molar-refractivity contribution in [1.29, 1.82) is 0 Å². The van der Waals surface area contributed by atoms with Crippen molar-refractivity contribution in [2.45, 2.75) is 12.7 Å². The third-order valence-electron chi connectivity index (χ3n) is 2.53. The Hall–Kier alpha value is 0.1000. The molecule has 0 aromatic heterocycles. The number of alkyl halides is 1. The fraction of sp³-hybridized carbons (Fsp3) is 0.455. The normalized spacial score (nSPS) is 19.4. The second-order valence-electron chi connectivity index (χ2n) is 3.54. The molecule has 0 aliphatic carbocycles. The van der Waals surface area contributed by atoms with Crippen LogP contribution in [0.1, 0.15) is 11.1 Å². The van der Waals surface area contributed by atoms with E-state index in [1.807, 2.05) is 12.1 Å². The summed E-state index contributed by atoms with van der Waals surface area (Å²) in [6, 6.07) is 6.13. The summed E-state index contributed by atoms with van der Waals surface area (Å²) >= 11 is 6.91. The second kappa shape index (κ2) is 4.53. The number of hydrogen-bond acceptors (Lipinski definition) is 2. The summed E-state index contributed by atoms with van der Waals surface area (Å²) in [5.74, 6) is -0.592. The molecule has 1 heterocycles. The lowest BCUT2D eigenvalue weighted by atomic mass is 10.0. The first-order chi connectivity index (χ1) is 7.18. The molecular formula is C11H12Br2O2. The number of rotatable bonds is 2. The van der Waals surface area contributed by atoms with Crippen LogP contribution in [0.4, 0.5) is 0 Å². The van der Waals surface area contributed by atoms with Gasteiger partial charge in [-0.15, -0.1) is 0 Å². The molecule has 0 atom stereocenters. The van der Waals surface area contributed by atoms with Gasteiger partial charge in [-0.3, -0.25) is 0 Å². The Balaban J connectivity index is 2.42. The molecule has 82 valence electrons. The van der Waals surface area contributed by atoms with Crippen LogP contribution >= 0.6 is 31.9 Å². The maximum atomic E-state index is 5.71. The molecule has 1 saturated heterocycles. The van der Waals surface area contributed by atoms with Crippen molar-refractivity contribution in [3.8, 4) is 0 Å². The standard InChI is InChI=1S/C11H12Br2O2/c1-8-6-9(13)2-3-10(8)11(7-12)14-4-5-15-11/h2-3,6H,4-5,7H2,1H3. The molecule has 2 rings (SSSR count). The third kappa shape index (κ3) is 2.13. The Morgan fingerprint density at radius 2 is 2.00 bits per heavy atom. The molecule has 1 aromatic rings. The molecule has 0 unspecified atom stereocenters. The first-order valence-electron chi connectivity index (χ1n) is 4.78. The maximum Gasteiger partial charge on any atom is 0.205 e. The predicted octanol–water partition coefficient (Wildman–Crippen LogP) is 3.35. The molecule has 4 heteroatoms. The van der Waals surface area contributed by atoms with E-state index in [4.69, 9.17) is 9.47 Å². The summed E-state index contributed by atoms with van der Waals surface area (Å²) in [5, 5.41) is 0.655. The van der Waals surface area contributed by atoms with Crippen LogP contribution in [0.2, 0.25) is 0 Å². The van der Waals surface area contributed by atoms with Gasteiger partial charge in [0.25, 0.3) is 0 Å². The SMILES string of the molecule is Cc1cc(Br)ccc1C1(CBr)OCCO1. The van der Waals surface area contributed by atoms with Crippen molar-refractivity contribution in [3.63, 3.8) is 0 Å². The van der Waals surface area contributed by atoms with E-state index in [1.54, 1.807) is 0 Å². The highest BCUT2D eigenvalue weighted by Gasteiger charge is 2.38. The van der Waals surface area contributed by atoms with E-state index in [-0.39, 0.29) is 0 Å². The molecule has 1 aromatic carbocycles. The van der Waals surface area contributed by atoms with Gasteiger partial charge in [-0.25, -0.2) is 0 Å². The van der Waals surface area contributed by atoms with E-state index < -0.39 is 5.79 Å². The van der Waals surface area contributed by atoms with Crippen LogP contribution in [0.15, 0.2) is 22.7 Å². The van der Waals surface area contributed by atoms with Gasteiger partial charge in [0.2, 0.25) is 5.79 Å². The molecule has 0 saturated carbocycles. The van der Waals surface area contributed by atoms with Gasteiger partial charge in [0.05, 0.1) is 18.5 Å². The molecule has 1 aliphatic heterocycles. The summed E-state index contributed by atoms with van der Waals surface area (Å²) in [5.41, 5.74) is 2.27. The number of ether oxygens (including phenoxy) is 2. The zero-order valence-corrected chi connectivity index (χ0v) is 11.6. The first-order valence-corrected chi connectivity index (χ1v) is 6.70. The molecular weight excluding hydrogens is 324 g/mol. The zero-order valence-electron chi connectivity index (χ0n) is 8.43. The molecule has 0 N–H and O–H groups in total. The lowest BCUT2D eigenvalue weighted by Crippen LogP contribution is -2.29. The Labute approximate surface area is 106 Å². The Morgan fingerprint density at radius 3 is 2.53 bits per heavy atom. The van der Waals surface area contributed by atoms with Crippen LogP contribution < -0.4 is 0 Å². The van der Waals surface area contributed by atoms with Crippen LogP contribution in [0.3, 0.4) is 0 Å². The quantitative estimate of drug-likeness (QED) is 0.772. The number of benzene rings is 1. The number of aryl methyl sites for hydroxylation is 1. The van der Waals surface area contributed by atoms with Gasteiger partial charge in [0.15, 0.2) is 0 Å². The fourth-order valence-electron chi connectivity index (χ4n) is 1.81. The van der Waals surface area contributed by atoms with Crippen molar-refractivity contribution in [2.24, 2.45) is 0 Å². The van der Waals surface area contributed by atoms with Crippen LogP contribution in [-0.2, 0) is 15.3 Å². The van der Waals surface area contributed by atoms with Crippen molar-refractivity contribution in [2.75, 3.05) is 18.5 Å². The number of hydrogen-bond donors (Lipinski definition) is 0. The lowest BCUT2D eigenvalue weighted by Gasteiger charge is -2.27. The van der Waals surface area contributed by atoms with E-state index >= 15 is 0 Å². The lowest BCUT2D eigenvalue weighted by molar-refractivity contribution is -0.144. The zero-order chi connectivity index (χ0) is 10.9. The molecule has 0 amide bonds. The molecule has 1 fully saturated rings. The maximum absolute atomic E-state index is 5.71. The van der Waals surface area contributed by atoms with Crippen molar-refractivity contribution in [3.05, 3.63) is 33.8 Å². The summed E-state index contributed by atoms with van der Waals surface area (Å²) < 4.78 is 12.5. The fourth-order valence-corrected chi connectivity index (χ4v) is 2.92. The van der Waals surface area contributed by atoms with Crippen LogP contribution in [-0.4, -0.2) is 18.5 Å². The van der Waals surface area contributed by atoms with Gasteiger partial charge in [0.1, 0.15) is 0 Å². The molecule has 1 aliphatic rings. The summed E-state index contributed by atoms with van der Waals surface area (Å²) in [6.07, 6.45) is 0. The smallest absolute Gasteiger partial charge is 0.205 e. The molecule has 0 spiro atoms. The van der Waals surface area contributed by atoms with Gasteiger partial charge in [-0.1, -0.05) is 37.9 Å². The largest absolute Gasteiger partial charge is 0.343 e. The first kappa shape index (κ1) is 11.6. The van der Waals surface area contributed by atoms with Crippen molar-refractivity contribution < 1.29 is 9.47 Å². The van der Waals surface area contributed by atoms with Gasteiger partial charge in [0, 0.05) is 10.0 Å². The van der Waals surface area contributed by atoms with Crippen LogP contribution in [0, 0.1) is 6.92 Å². The van der Waals surface area contributed by atoms with Gasteiger partial charge in [-0.05, 0) is 24.6 Å². The van der Waals surface area contributed by atoms with Gasteiger partial charge in [-0.2, -0.15) is 0 Å². The molecule has 0 radical (unpaired) electrons. The van der Waals surface area contributed by atoms with E-state index in [9.17, 15) is 0 Å². The van der Waals surface area contributed by atoms with E-state index in [1.165, 1.54) is 5.56 Å². The second-order valence-corrected chi connectivity index (χ2v) is 5.02. The average Bonchev–Trinajstić information content (AvgIpc) is 2.67. The Morgan fingerprint density at radius 1 is 1.33 bits per heavy atom. The highest BCUT2D eigenvalue weighted by Crippen LogP contribution is 2.35. The Bertz CT molecular complexity index is 360. The topological polar surface area (TPSA) is 18.5 Å². The van der Waals surface area contributed by atoms with Gasteiger partial charge < -0.3 is 9.47 Å². The highest BCUT2D eigenvalue weighted by atomic mass is 79.9. The van der Waals surface area contributed by atoms with E-state index in [0.717, 1.165) is 10.0 Å². The number of halogens is 2. The summed E-state index contributed by atoms with van der Waals surface area (Å²) in [6.45, 7) is 3.37. The van der Waals surface area contributed by atoms with Crippen molar-refractivity contribution in [1.82, 2.24) is 0 Å². The average molecular weight is 336 g/mol. The van der Waals surface area contributed by atoms with Gasteiger partial charge >= 0.3 is 0 Å². The molecule has 2 nitrogen and oxygen atoms in total. The van der Waals surface area contributed by atoms with Crippen LogP contribution in [0.25, 0.3) is 0 Å². The minimum Gasteiger partial charge on any atom is -0.343 e. The molecule has 0 bridgehead atoms. The van der Waals surface area contributed by atoms with Crippen LogP contribution in [0.5, 0.6) is 0 Å². The van der Waals surface area contributed by atoms with Crippen molar-refractivity contribution >= 4 is 31.9 Å². The van der Waals surface area contributed by atoms with E-state index in [0.29, 0.717) is 18.5 Å². The molecule has 15 heavy (non-hydrogen) atoms.